The van der Waals surface area contributed by atoms with E-state index in [1.54, 1.807) is 6.20 Å². The van der Waals surface area contributed by atoms with Crippen LogP contribution in [0.1, 0.15) is 19.7 Å². The van der Waals surface area contributed by atoms with E-state index in [9.17, 15) is 4.79 Å². The molecule has 1 rings (SSSR count). The number of amides is 1. The molecule has 0 fully saturated rings. The van der Waals surface area contributed by atoms with Crippen LogP contribution in [0.2, 0.25) is 0 Å². The van der Waals surface area contributed by atoms with E-state index >= 15 is 0 Å². The van der Waals surface area contributed by atoms with Gasteiger partial charge in [0.1, 0.15) is 12.4 Å². The van der Waals surface area contributed by atoms with Gasteiger partial charge in [0, 0.05) is 18.9 Å². The molecule has 0 aliphatic heterocycles. The van der Waals surface area contributed by atoms with E-state index in [1.807, 2.05) is 24.6 Å². The highest BCUT2D eigenvalue weighted by Crippen LogP contribution is 1.96. The fourth-order valence-corrected chi connectivity index (χ4v) is 1.30. The number of hydrogen-bond acceptors (Lipinski definition) is 3. The van der Waals surface area contributed by atoms with Crippen LogP contribution in [-0.2, 0) is 17.9 Å². The van der Waals surface area contributed by atoms with Gasteiger partial charge in [-0.2, -0.15) is 0 Å². The van der Waals surface area contributed by atoms with E-state index in [0.29, 0.717) is 19.6 Å². The summed E-state index contributed by atoms with van der Waals surface area (Å²) in [6.45, 7) is 6.55. The zero-order valence-corrected chi connectivity index (χ0v) is 9.29. The normalized spacial score (nSPS) is 10.3. The van der Waals surface area contributed by atoms with Crippen LogP contribution < -0.4 is 10.6 Å². The lowest BCUT2D eigenvalue weighted by Gasteiger charge is -2.07. The number of hydrogen-bond donors (Lipinski definition) is 2. The molecule has 0 aliphatic rings. The van der Waals surface area contributed by atoms with Gasteiger partial charge in [0.25, 0.3) is 0 Å². The Kier molecular flexibility index (Phi) is 4.83. The lowest BCUT2D eigenvalue weighted by molar-refractivity contribution is -0.121. The monoisotopic (exact) mass is 210 g/mol. The second kappa shape index (κ2) is 6.19. The summed E-state index contributed by atoms with van der Waals surface area (Å²) in [4.78, 5) is 15.5. The van der Waals surface area contributed by atoms with Crippen molar-refractivity contribution in [2.45, 2.75) is 26.9 Å². The maximum Gasteiger partial charge on any atom is 0.239 e. The molecule has 1 heterocycles. The van der Waals surface area contributed by atoms with Crippen LogP contribution in [-0.4, -0.2) is 28.5 Å². The van der Waals surface area contributed by atoms with Gasteiger partial charge in [0.2, 0.25) is 5.91 Å². The lowest BCUT2D eigenvalue weighted by atomic mass is 10.5. The molecule has 0 bridgehead atoms. The second-order valence-electron chi connectivity index (χ2n) is 3.21. The summed E-state index contributed by atoms with van der Waals surface area (Å²) >= 11 is 0. The van der Waals surface area contributed by atoms with Crippen LogP contribution in [0.3, 0.4) is 0 Å². The van der Waals surface area contributed by atoms with Gasteiger partial charge in [-0.15, -0.1) is 0 Å². The molecule has 2 N–H and O–H groups in total. The van der Waals surface area contributed by atoms with Crippen molar-refractivity contribution in [1.82, 2.24) is 20.2 Å². The van der Waals surface area contributed by atoms with Crippen LogP contribution >= 0.6 is 0 Å². The molecule has 5 nitrogen and oxygen atoms in total. The van der Waals surface area contributed by atoms with Gasteiger partial charge in [0.05, 0.1) is 6.54 Å². The van der Waals surface area contributed by atoms with Crippen LogP contribution in [0.4, 0.5) is 0 Å². The molecule has 84 valence electrons. The average molecular weight is 210 g/mol. The smallest absolute Gasteiger partial charge is 0.239 e. The summed E-state index contributed by atoms with van der Waals surface area (Å²) in [7, 11) is 0. The molecule has 0 spiro atoms. The number of carbonyl (C=O) groups is 1. The van der Waals surface area contributed by atoms with Gasteiger partial charge in [-0.1, -0.05) is 6.92 Å². The zero-order valence-electron chi connectivity index (χ0n) is 9.29. The first-order valence-corrected chi connectivity index (χ1v) is 5.25. The Morgan fingerprint density at radius 1 is 1.47 bits per heavy atom. The largest absolute Gasteiger partial charge is 0.355 e. The van der Waals surface area contributed by atoms with Crippen molar-refractivity contribution in [2.24, 2.45) is 0 Å². The van der Waals surface area contributed by atoms with E-state index in [2.05, 4.69) is 15.6 Å². The van der Waals surface area contributed by atoms with E-state index in [0.717, 1.165) is 12.4 Å². The molecule has 0 unspecified atom stereocenters. The quantitative estimate of drug-likeness (QED) is 0.701. The highest BCUT2D eigenvalue weighted by atomic mass is 16.1. The predicted octanol–water partition coefficient (Wildman–Crippen LogP) is 0.129. The Balaban J connectivity index is 2.52. The van der Waals surface area contributed by atoms with Crippen molar-refractivity contribution >= 4 is 5.91 Å². The summed E-state index contributed by atoms with van der Waals surface area (Å²) in [6, 6.07) is 0. The number of aromatic nitrogens is 2. The van der Waals surface area contributed by atoms with Gasteiger partial charge in [0.15, 0.2) is 0 Å². The molecule has 0 atom stereocenters. The second-order valence-corrected chi connectivity index (χ2v) is 3.21. The Bertz CT molecular complexity index is 308. The first-order valence-electron chi connectivity index (χ1n) is 5.25. The lowest BCUT2D eigenvalue weighted by Crippen LogP contribution is -2.28. The minimum absolute atomic E-state index is 0.0215. The standard InChI is InChI=1S/C10H18N4O/c1-3-11-7-9-13-5-6-14(9)8-10(15)12-4-2/h5-6,11H,3-4,7-8H2,1-2H3,(H,12,15). The molecule has 1 aromatic heterocycles. The predicted molar refractivity (Wildman–Crippen MR) is 58.3 cm³/mol. The Hall–Kier alpha value is -1.36. The third-order valence-corrected chi connectivity index (χ3v) is 2.02. The van der Waals surface area contributed by atoms with E-state index < -0.39 is 0 Å². The van der Waals surface area contributed by atoms with Gasteiger partial charge in [-0.3, -0.25) is 4.79 Å². The Morgan fingerprint density at radius 3 is 2.93 bits per heavy atom. The maximum atomic E-state index is 11.4. The van der Waals surface area contributed by atoms with Gasteiger partial charge < -0.3 is 15.2 Å². The van der Waals surface area contributed by atoms with E-state index in [1.165, 1.54) is 0 Å². The van der Waals surface area contributed by atoms with Crippen molar-refractivity contribution in [3.8, 4) is 0 Å². The molecular formula is C10H18N4O. The number of imidazole rings is 1. The molecular weight excluding hydrogens is 192 g/mol. The number of rotatable bonds is 6. The zero-order chi connectivity index (χ0) is 11.1. The van der Waals surface area contributed by atoms with Gasteiger partial charge in [-0.05, 0) is 13.5 Å². The molecule has 5 heteroatoms. The maximum absolute atomic E-state index is 11.4. The van der Waals surface area contributed by atoms with Crippen LogP contribution in [0.15, 0.2) is 12.4 Å². The number of nitrogens with zero attached hydrogens (tertiary/aromatic N) is 2. The Morgan fingerprint density at radius 2 is 2.27 bits per heavy atom. The fraction of sp³-hybridized carbons (Fsp3) is 0.600. The first-order chi connectivity index (χ1) is 7.27. The SMILES string of the molecule is CCNCc1nccn1CC(=O)NCC. The Labute approximate surface area is 89.9 Å². The van der Waals surface area contributed by atoms with Gasteiger partial charge in [-0.25, -0.2) is 4.98 Å². The highest BCUT2D eigenvalue weighted by Gasteiger charge is 2.05. The topological polar surface area (TPSA) is 59.0 Å². The van der Waals surface area contributed by atoms with Crippen molar-refractivity contribution < 1.29 is 4.79 Å². The van der Waals surface area contributed by atoms with Crippen LogP contribution in [0, 0.1) is 0 Å². The van der Waals surface area contributed by atoms with E-state index in [-0.39, 0.29) is 5.91 Å². The summed E-state index contributed by atoms with van der Waals surface area (Å²) in [5.41, 5.74) is 0. The molecule has 1 aromatic rings. The molecule has 0 aromatic carbocycles. The molecule has 0 saturated heterocycles. The highest BCUT2D eigenvalue weighted by molar-refractivity contribution is 5.75. The number of nitrogens with one attached hydrogen (secondary N) is 2. The molecule has 1 amide bonds. The van der Waals surface area contributed by atoms with Crippen molar-refractivity contribution in [3.63, 3.8) is 0 Å². The summed E-state index contributed by atoms with van der Waals surface area (Å²) < 4.78 is 1.85. The minimum atomic E-state index is 0.0215. The van der Waals surface area contributed by atoms with Crippen LogP contribution in [0.5, 0.6) is 0 Å². The first kappa shape index (κ1) is 11.7. The molecule has 15 heavy (non-hydrogen) atoms. The van der Waals surface area contributed by atoms with Crippen molar-refractivity contribution in [2.75, 3.05) is 13.1 Å². The third-order valence-electron chi connectivity index (χ3n) is 2.02. The van der Waals surface area contributed by atoms with Gasteiger partial charge >= 0.3 is 0 Å². The average Bonchev–Trinajstić information content (AvgIpc) is 2.63. The fourth-order valence-electron chi connectivity index (χ4n) is 1.30. The molecule has 0 aliphatic carbocycles. The number of carbonyl (C=O) groups excluding carboxylic acids is 1. The summed E-state index contributed by atoms with van der Waals surface area (Å²) in [5, 5.41) is 5.94. The third kappa shape index (κ3) is 3.71. The van der Waals surface area contributed by atoms with E-state index in [4.69, 9.17) is 0 Å². The molecule has 0 saturated carbocycles. The van der Waals surface area contributed by atoms with Crippen molar-refractivity contribution in [1.29, 1.82) is 0 Å². The summed E-state index contributed by atoms with van der Waals surface area (Å²) in [6.07, 6.45) is 3.54. The molecule has 0 radical (unpaired) electrons. The van der Waals surface area contributed by atoms with Crippen LogP contribution in [0.25, 0.3) is 0 Å². The minimum Gasteiger partial charge on any atom is -0.355 e. The van der Waals surface area contributed by atoms with Crippen molar-refractivity contribution in [3.05, 3.63) is 18.2 Å². The summed E-state index contributed by atoms with van der Waals surface area (Å²) in [5.74, 6) is 0.913. The number of likely N-dealkylation sites (N-methyl/N-ethyl adjacent to an activating group) is 1.